The summed E-state index contributed by atoms with van der Waals surface area (Å²) in [5.41, 5.74) is -0.700. The van der Waals surface area contributed by atoms with E-state index in [1.807, 2.05) is 0 Å². The Morgan fingerprint density at radius 2 is 2.12 bits per heavy atom. The Labute approximate surface area is 144 Å². The number of carboxylic acids is 1. The highest BCUT2D eigenvalue weighted by Crippen LogP contribution is 2.20. The molecule has 0 spiro atoms. The van der Waals surface area contributed by atoms with Crippen LogP contribution in [0.5, 0.6) is 11.6 Å². The summed E-state index contributed by atoms with van der Waals surface area (Å²) in [6.45, 7) is 1.68. The van der Waals surface area contributed by atoms with Crippen molar-refractivity contribution in [2.45, 2.75) is 18.9 Å². The number of methoxy groups -OCH3 is 1. The summed E-state index contributed by atoms with van der Waals surface area (Å²) >= 11 is 0. The fourth-order valence-corrected chi connectivity index (χ4v) is 2.29. The summed E-state index contributed by atoms with van der Waals surface area (Å²) in [4.78, 5) is 31.4. The SMILES string of the molecule is COCC(C)(CC(=O)O)NC(=O)c1cccc(Oc2cnccn2)c1. The van der Waals surface area contributed by atoms with Gasteiger partial charge in [-0.3, -0.25) is 14.6 Å². The number of nitrogens with zero attached hydrogens (tertiary/aromatic N) is 2. The lowest BCUT2D eigenvalue weighted by Crippen LogP contribution is -2.50. The minimum atomic E-state index is -1.03. The Morgan fingerprint density at radius 3 is 2.76 bits per heavy atom. The lowest BCUT2D eigenvalue weighted by Gasteiger charge is -2.28. The molecular weight excluding hydrogens is 326 g/mol. The molecule has 0 aliphatic heterocycles. The molecule has 25 heavy (non-hydrogen) atoms. The van der Waals surface area contributed by atoms with Crippen molar-refractivity contribution in [3.63, 3.8) is 0 Å². The van der Waals surface area contributed by atoms with Crippen molar-refractivity contribution in [1.29, 1.82) is 0 Å². The van der Waals surface area contributed by atoms with Gasteiger partial charge in [-0.1, -0.05) is 6.07 Å². The summed E-state index contributed by atoms with van der Waals surface area (Å²) < 4.78 is 10.6. The second kappa shape index (κ2) is 8.20. The third-order valence-corrected chi connectivity index (χ3v) is 3.28. The van der Waals surface area contributed by atoms with Gasteiger partial charge >= 0.3 is 5.97 Å². The van der Waals surface area contributed by atoms with Gasteiger partial charge in [-0.15, -0.1) is 0 Å². The molecule has 8 heteroatoms. The molecule has 0 saturated heterocycles. The predicted octanol–water partition coefficient (Wildman–Crippen LogP) is 1.88. The molecule has 0 fully saturated rings. The molecule has 0 bridgehead atoms. The molecule has 0 aliphatic rings. The van der Waals surface area contributed by atoms with Crippen LogP contribution >= 0.6 is 0 Å². The molecule has 1 heterocycles. The first-order chi connectivity index (χ1) is 11.9. The number of hydrogen-bond donors (Lipinski definition) is 2. The molecule has 2 N–H and O–H groups in total. The molecule has 0 saturated carbocycles. The van der Waals surface area contributed by atoms with E-state index in [1.165, 1.54) is 31.8 Å². The van der Waals surface area contributed by atoms with Gasteiger partial charge < -0.3 is 19.9 Å². The van der Waals surface area contributed by atoms with Crippen molar-refractivity contribution in [2.24, 2.45) is 0 Å². The second-order valence-corrected chi connectivity index (χ2v) is 5.69. The quantitative estimate of drug-likeness (QED) is 0.751. The number of carboxylic acid groups (broad SMARTS) is 1. The lowest BCUT2D eigenvalue weighted by atomic mass is 9.98. The van der Waals surface area contributed by atoms with Gasteiger partial charge in [0.1, 0.15) is 5.75 Å². The highest BCUT2D eigenvalue weighted by molar-refractivity contribution is 5.95. The normalized spacial score (nSPS) is 12.9. The number of aromatic nitrogens is 2. The first-order valence-corrected chi connectivity index (χ1v) is 7.49. The van der Waals surface area contributed by atoms with E-state index in [4.69, 9.17) is 14.6 Å². The van der Waals surface area contributed by atoms with Crippen molar-refractivity contribution in [2.75, 3.05) is 13.7 Å². The highest BCUT2D eigenvalue weighted by atomic mass is 16.5. The monoisotopic (exact) mass is 345 g/mol. The largest absolute Gasteiger partial charge is 0.481 e. The highest BCUT2D eigenvalue weighted by Gasteiger charge is 2.30. The first-order valence-electron chi connectivity index (χ1n) is 7.49. The zero-order valence-electron chi connectivity index (χ0n) is 13.9. The number of benzene rings is 1. The number of ether oxygens (including phenoxy) is 2. The Kier molecular flexibility index (Phi) is 6.02. The van der Waals surface area contributed by atoms with Gasteiger partial charge in [0.2, 0.25) is 5.88 Å². The van der Waals surface area contributed by atoms with E-state index < -0.39 is 17.4 Å². The average Bonchev–Trinajstić information content (AvgIpc) is 2.55. The third kappa shape index (κ3) is 5.54. The Hall–Kier alpha value is -3.00. The van der Waals surface area contributed by atoms with Crippen molar-refractivity contribution in [3.8, 4) is 11.6 Å². The van der Waals surface area contributed by atoms with Crippen molar-refractivity contribution >= 4 is 11.9 Å². The smallest absolute Gasteiger partial charge is 0.305 e. The third-order valence-electron chi connectivity index (χ3n) is 3.28. The van der Waals surface area contributed by atoms with Crippen molar-refractivity contribution < 1.29 is 24.2 Å². The van der Waals surface area contributed by atoms with Gasteiger partial charge in [-0.2, -0.15) is 0 Å². The minimum Gasteiger partial charge on any atom is -0.481 e. The molecular formula is C17H19N3O5. The number of amides is 1. The van der Waals surface area contributed by atoms with E-state index in [2.05, 4.69) is 15.3 Å². The first kappa shape index (κ1) is 18.3. The van der Waals surface area contributed by atoms with E-state index in [0.29, 0.717) is 17.2 Å². The summed E-state index contributed by atoms with van der Waals surface area (Å²) in [6.07, 6.45) is 4.21. The number of hydrogen-bond acceptors (Lipinski definition) is 6. The molecule has 1 amide bonds. The molecule has 0 aliphatic carbocycles. The van der Waals surface area contributed by atoms with Crippen LogP contribution in [0.4, 0.5) is 0 Å². The number of carbonyl (C=O) groups excluding carboxylic acids is 1. The summed E-state index contributed by atoms with van der Waals surface area (Å²) in [7, 11) is 1.45. The average molecular weight is 345 g/mol. The van der Waals surface area contributed by atoms with Gasteiger partial charge in [0, 0.05) is 25.1 Å². The van der Waals surface area contributed by atoms with Crippen LogP contribution in [0, 0.1) is 0 Å². The lowest BCUT2D eigenvalue weighted by molar-refractivity contribution is -0.139. The number of aliphatic carboxylic acids is 1. The molecule has 1 atom stereocenters. The maximum atomic E-state index is 12.5. The van der Waals surface area contributed by atoms with E-state index in [0.717, 1.165) is 0 Å². The molecule has 1 aromatic carbocycles. The maximum Gasteiger partial charge on any atom is 0.305 e. The summed E-state index contributed by atoms with van der Waals surface area (Å²) in [5.74, 6) is -0.736. The summed E-state index contributed by atoms with van der Waals surface area (Å²) in [5, 5.41) is 11.7. The van der Waals surface area contributed by atoms with Crippen LogP contribution in [0.2, 0.25) is 0 Å². The van der Waals surface area contributed by atoms with Crippen LogP contribution in [0.3, 0.4) is 0 Å². The standard InChI is InChI=1S/C17H19N3O5/c1-17(11-24-2,9-15(21)22)20-16(23)12-4-3-5-13(8-12)25-14-10-18-6-7-19-14/h3-8,10H,9,11H2,1-2H3,(H,20,23)(H,21,22). The van der Waals surface area contributed by atoms with Gasteiger partial charge in [0.15, 0.2) is 0 Å². The second-order valence-electron chi connectivity index (χ2n) is 5.69. The fraction of sp³-hybridized carbons (Fsp3) is 0.294. The van der Waals surface area contributed by atoms with Gasteiger partial charge in [-0.25, -0.2) is 4.98 Å². The number of rotatable bonds is 8. The number of carbonyl (C=O) groups is 2. The number of nitrogens with one attached hydrogen (secondary N) is 1. The van der Waals surface area contributed by atoms with Gasteiger partial charge in [0.05, 0.1) is 24.8 Å². The maximum absolute atomic E-state index is 12.5. The van der Waals surface area contributed by atoms with Crippen LogP contribution in [-0.4, -0.2) is 46.2 Å². The van der Waals surface area contributed by atoms with E-state index >= 15 is 0 Å². The Morgan fingerprint density at radius 1 is 1.32 bits per heavy atom. The molecule has 2 aromatic rings. The molecule has 8 nitrogen and oxygen atoms in total. The van der Waals surface area contributed by atoms with Gasteiger partial charge in [-0.05, 0) is 25.1 Å². The minimum absolute atomic E-state index is 0.0703. The van der Waals surface area contributed by atoms with Crippen LogP contribution in [0.25, 0.3) is 0 Å². The van der Waals surface area contributed by atoms with E-state index in [1.54, 1.807) is 25.1 Å². The summed E-state index contributed by atoms with van der Waals surface area (Å²) in [6, 6.07) is 6.48. The van der Waals surface area contributed by atoms with Crippen molar-refractivity contribution in [3.05, 3.63) is 48.4 Å². The Bertz CT molecular complexity index is 738. The van der Waals surface area contributed by atoms with E-state index in [-0.39, 0.29) is 13.0 Å². The molecule has 2 rings (SSSR count). The zero-order chi connectivity index (χ0) is 18.3. The zero-order valence-corrected chi connectivity index (χ0v) is 13.9. The molecule has 132 valence electrons. The van der Waals surface area contributed by atoms with Crippen molar-refractivity contribution in [1.82, 2.24) is 15.3 Å². The van der Waals surface area contributed by atoms with Crippen LogP contribution in [-0.2, 0) is 9.53 Å². The molecule has 1 unspecified atom stereocenters. The topological polar surface area (TPSA) is 111 Å². The van der Waals surface area contributed by atoms with Gasteiger partial charge in [0.25, 0.3) is 5.91 Å². The van der Waals surface area contributed by atoms with Crippen LogP contribution in [0.1, 0.15) is 23.7 Å². The van der Waals surface area contributed by atoms with Crippen LogP contribution < -0.4 is 10.1 Å². The van der Waals surface area contributed by atoms with Crippen LogP contribution in [0.15, 0.2) is 42.9 Å². The molecule has 1 aromatic heterocycles. The van der Waals surface area contributed by atoms with E-state index in [9.17, 15) is 9.59 Å². The molecule has 0 radical (unpaired) electrons. The fourth-order valence-electron chi connectivity index (χ4n) is 2.29. The predicted molar refractivity (Wildman–Crippen MR) is 88.5 cm³/mol. The Balaban J connectivity index is 2.13.